The van der Waals surface area contributed by atoms with Gasteiger partial charge in [-0.2, -0.15) is 0 Å². The van der Waals surface area contributed by atoms with Gasteiger partial charge in [-0.25, -0.2) is 4.79 Å². The summed E-state index contributed by atoms with van der Waals surface area (Å²) in [5, 5.41) is -0.222. The normalized spacial score (nSPS) is 13.3. The molecule has 4 heteroatoms. The minimum absolute atomic E-state index is 0.0425. The Balaban J connectivity index is 4.77. The average molecular weight is 321 g/mol. The van der Waals surface area contributed by atoms with E-state index in [0.29, 0.717) is 0 Å². The number of rotatable bonds is 11. The number of halogens is 1. The van der Waals surface area contributed by atoms with Gasteiger partial charge >= 0.3 is 6.16 Å². The van der Waals surface area contributed by atoms with Crippen molar-refractivity contribution >= 4 is 17.8 Å². The second-order valence-corrected chi connectivity index (χ2v) is 6.50. The van der Waals surface area contributed by atoms with E-state index >= 15 is 0 Å². The minimum Gasteiger partial charge on any atom is -0.431 e. The molecule has 0 radical (unpaired) electrons. The van der Waals surface area contributed by atoms with Gasteiger partial charge < -0.3 is 9.47 Å². The van der Waals surface area contributed by atoms with Gasteiger partial charge in [0, 0.05) is 0 Å². The molecule has 0 aromatic heterocycles. The smallest absolute Gasteiger partial charge is 0.431 e. The van der Waals surface area contributed by atoms with Gasteiger partial charge in [-0.1, -0.05) is 53.4 Å². The highest BCUT2D eigenvalue weighted by Gasteiger charge is 2.38. The molecule has 0 saturated carbocycles. The van der Waals surface area contributed by atoms with Gasteiger partial charge in [-0.3, -0.25) is 0 Å². The van der Waals surface area contributed by atoms with Gasteiger partial charge in [-0.05, 0) is 32.6 Å². The number of carbonyl (C=O) groups is 1. The predicted octanol–water partition coefficient (Wildman–Crippen LogP) is 6.07. The van der Waals surface area contributed by atoms with Gasteiger partial charge in [0.15, 0.2) is 0 Å². The van der Waals surface area contributed by atoms with Crippen molar-refractivity contribution in [2.24, 2.45) is 0 Å². The number of ether oxygens (including phenoxy) is 2. The van der Waals surface area contributed by atoms with Crippen molar-refractivity contribution in [3.8, 4) is 0 Å². The molecule has 0 aromatic carbocycles. The minimum atomic E-state index is -0.606. The number of carbonyl (C=O) groups excluding carboxylic acids is 1. The van der Waals surface area contributed by atoms with Gasteiger partial charge in [0.25, 0.3) is 0 Å². The van der Waals surface area contributed by atoms with E-state index in [1.807, 2.05) is 6.92 Å². The molecule has 0 bridgehead atoms. The van der Waals surface area contributed by atoms with Crippen molar-refractivity contribution in [1.29, 1.82) is 0 Å². The maximum absolute atomic E-state index is 12.2. The highest BCUT2D eigenvalue weighted by atomic mass is 35.5. The summed E-state index contributed by atoms with van der Waals surface area (Å²) in [6, 6.07) is 0. The maximum Gasteiger partial charge on any atom is 0.509 e. The fourth-order valence-corrected chi connectivity index (χ4v) is 3.05. The van der Waals surface area contributed by atoms with E-state index in [-0.39, 0.29) is 11.5 Å². The van der Waals surface area contributed by atoms with Crippen LogP contribution in [0.25, 0.3) is 0 Å². The molecule has 1 atom stereocenters. The summed E-state index contributed by atoms with van der Waals surface area (Å²) in [7, 11) is 0. The van der Waals surface area contributed by atoms with E-state index in [9.17, 15) is 4.79 Å². The summed E-state index contributed by atoms with van der Waals surface area (Å²) in [5.41, 5.74) is -0.606. The highest BCUT2D eigenvalue weighted by molar-refractivity contribution is 6.21. The SMILES string of the molecule is CCCC(CCC)OC(=O)OC(CCC)(CCC)C(C)Cl. The third-order valence-corrected chi connectivity index (χ3v) is 4.24. The Hall–Kier alpha value is -0.440. The summed E-state index contributed by atoms with van der Waals surface area (Å²) >= 11 is 6.33. The van der Waals surface area contributed by atoms with Crippen LogP contribution < -0.4 is 0 Å². The molecule has 0 spiro atoms. The number of hydrogen-bond donors (Lipinski definition) is 0. The lowest BCUT2D eigenvalue weighted by molar-refractivity contribution is -0.0612. The third kappa shape index (κ3) is 7.39. The number of alkyl halides is 1. The third-order valence-electron chi connectivity index (χ3n) is 3.84. The van der Waals surface area contributed by atoms with E-state index in [1.54, 1.807) is 0 Å². The zero-order valence-corrected chi connectivity index (χ0v) is 15.2. The molecule has 0 fully saturated rings. The fourth-order valence-electron chi connectivity index (χ4n) is 2.78. The Morgan fingerprint density at radius 3 is 1.81 bits per heavy atom. The second kappa shape index (κ2) is 11.2. The van der Waals surface area contributed by atoms with E-state index in [4.69, 9.17) is 21.1 Å². The van der Waals surface area contributed by atoms with E-state index < -0.39 is 11.8 Å². The van der Waals surface area contributed by atoms with Crippen molar-refractivity contribution in [2.75, 3.05) is 0 Å². The standard InChI is InChI=1S/C17H33ClO3/c1-6-10-15(11-7-2)20-16(19)21-17(12-8-3,13-9-4)14(5)18/h14-15H,6-13H2,1-5H3. The molecule has 0 aromatic rings. The lowest BCUT2D eigenvalue weighted by atomic mass is 9.89. The molecule has 1 unspecified atom stereocenters. The van der Waals surface area contributed by atoms with Gasteiger partial charge in [0.05, 0.1) is 5.38 Å². The number of hydrogen-bond acceptors (Lipinski definition) is 3. The molecule has 126 valence electrons. The first-order valence-corrected chi connectivity index (χ1v) is 8.92. The van der Waals surface area contributed by atoms with Crippen LogP contribution in [0.4, 0.5) is 4.79 Å². The lowest BCUT2D eigenvalue weighted by Crippen LogP contribution is -2.43. The molecule has 0 aliphatic heterocycles. The summed E-state index contributed by atoms with van der Waals surface area (Å²) < 4.78 is 11.2. The van der Waals surface area contributed by atoms with Crippen LogP contribution in [0.3, 0.4) is 0 Å². The zero-order valence-electron chi connectivity index (χ0n) is 14.4. The Kier molecular flexibility index (Phi) is 10.9. The molecule has 0 heterocycles. The Morgan fingerprint density at radius 2 is 1.48 bits per heavy atom. The Morgan fingerprint density at radius 1 is 1.00 bits per heavy atom. The first-order valence-electron chi connectivity index (χ1n) is 8.49. The van der Waals surface area contributed by atoms with Crippen LogP contribution in [-0.4, -0.2) is 23.2 Å². The largest absolute Gasteiger partial charge is 0.509 e. The van der Waals surface area contributed by atoms with Crippen LogP contribution >= 0.6 is 11.6 Å². The summed E-state index contributed by atoms with van der Waals surface area (Å²) in [5.74, 6) is 0. The topological polar surface area (TPSA) is 35.5 Å². The lowest BCUT2D eigenvalue weighted by Gasteiger charge is -2.35. The molecular weight excluding hydrogens is 288 g/mol. The van der Waals surface area contributed by atoms with Crippen molar-refractivity contribution in [1.82, 2.24) is 0 Å². The van der Waals surface area contributed by atoms with Crippen LogP contribution in [0.15, 0.2) is 0 Å². The predicted molar refractivity (Wildman–Crippen MR) is 89.0 cm³/mol. The summed E-state index contributed by atoms with van der Waals surface area (Å²) in [4.78, 5) is 12.2. The van der Waals surface area contributed by atoms with Crippen LogP contribution in [0.2, 0.25) is 0 Å². The average Bonchev–Trinajstić information content (AvgIpc) is 2.39. The zero-order chi connectivity index (χ0) is 16.3. The van der Waals surface area contributed by atoms with E-state index in [0.717, 1.165) is 51.4 Å². The molecule has 3 nitrogen and oxygen atoms in total. The molecule has 21 heavy (non-hydrogen) atoms. The van der Waals surface area contributed by atoms with E-state index in [1.165, 1.54) is 0 Å². The molecule has 0 amide bonds. The van der Waals surface area contributed by atoms with Crippen molar-refractivity contribution < 1.29 is 14.3 Å². The first-order chi connectivity index (χ1) is 9.95. The maximum atomic E-state index is 12.2. The molecule has 0 aliphatic rings. The monoisotopic (exact) mass is 320 g/mol. The second-order valence-electron chi connectivity index (χ2n) is 5.85. The Labute approximate surface area is 135 Å². The molecular formula is C17H33ClO3. The van der Waals surface area contributed by atoms with Gasteiger partial charge in [-0.15, -0.1) is 11.6 Å². The van der Waals surface area contributed by atoms with Crippen LogP contribution in [-0.2, 0) is 9.47 Å². The molecule has 0 saturated heterocycles. The van der Waals surface area contributed by atoms with Gasteiger partial charge in [0.2, 0.25) is 0 Å². The van der Waals surface area contributed by atoms with Crippen LogP contribution in [0.5, 0.6) is 0 Å². The summed E-state index contributed by atoms with van der Waals surface area (Å²) in [6.07, 6.45) is 6.56. The molecule has 0 aliphatic carbocycles. The summed E-state index contributed by atoms with van der Waals surface area (Å²) in [6.45, 7) is 10.2. The van der Waals surface area contributed by atoms with Crippen molar-refractivity contribution in [3.63, 3.8) is 0 Å². The van der Waals surface area contributed by atoms with Crippen LogP contribution in [0.1, 0.15) is 86.0 Å². The van der Waals surface area contributed by atoms with Crippen LogP contribution in [0, 0.1) is 0 Å². The van der Waals surface area contributed by atoms with Crippen molar-refractivity contribution in [2.45, 2.75) is 103 Å². The van der Waals surface area contributed by atoms with Gasteiger partial charge in [0.1, 0.15) is 11.7 Å². The Bertz CT molecular complexity index is 267. The van der Waals surface area contributed by atoms with E-state index in [2.05, 4.69) is 27.7 Å². The molecule has 0 N–H and O–H groups in total. The highest BCUT2D eigenvalue weighted by Crippen LogP contribution is 2.32. The fraction of sp³-hybridized carbons (Fsp3) is 0.941. The van der Waals surface area contributed by atoms with Crippen molar-refractivity contribution in [3.05, 3.63) is 0 Å². The quantitative estimate of drug-likeness (QED) is 0.342. The first kappa shape index (κ1) is 20.6. The molecule has 0 rings (SSSR count).